The molecule has 0 unspecified atom stereocenters. The molecule has 1 aromatic rings. The molecule has 0 aromatic carbocycles. The first-order chi connectivity index (χ1) is 8.95. The van der Waals surface area contributed by atoms with Crippen LogP contribution in [-0.2, 0) is 10.0 Å². The van der Waals surface area contributed by atoms with Crippen molar-refractivity contribution in [1.29, 1.82) is 0 Å². The Bertz CT molecular complexity index is 569. The van der Waals surface area contributed by atoms with Crippen LogP contribution in [0.5, 0.6) is 0 Å². The molecule has 6 heteroatoms. The molecule has 3 nitrogen and oxygen atoms in total. The second-order valence-corrected chi connectivity index (χ2v) is 10.2. The minimum Gasteiger partial charge on any atom is -0.207 e. The molecule has 0 spiro atoms. The van der Waals surface area contributed by atoms with Gasteiger partial charge in [-0.1, -0.05) is 6.42 Å². The lowest BCUT2D eigenvalue weighted by Gasteiger charge is -2.28. The monoisotopic (exact) mass is 363 g/mol. The summed E-state index contributed by atoms with van der Waals surface area (Å²) in [5, 5.41) is 0. The third-order valence-corrected chi connectivity index (χ3v) is 8.26. The lowest BCUT2D eigenvalue weighted by molar-refractivity contribution is 0.280. The van der Waals surface area contributed by atoms with Crippen LogP contribution >= 0.6 is 27.3 Å². The van der Waals surface area contributed by atoms with Crippen LogP contribution in [0.15, 0.2) is 20.1 Å². The van der Waals surface area contributed by atoms with Crippen LogP contribution in [0.3, 0.4) is 0 Å². The fraction of sp³-hybridized carbons (Fsp3) is 0.692. The quantitative estimate of drug-likeness (QED) is 0.887. The maximum absolute atomic E-state index is 12.3. The summed E-state index contributed by atoms with van der Waals surface area (Å²) in [6.45, 7) is 2.02. The van der Waals surface area contributed by atoms with E-state index in [1.807, 2.05) is 6.92 Å². The molecule has 0 saturated heterocycles. The van der Waals surface area contributed by atoms with Crippen molar-refractivity contribution in [2.75, 3.05) is 0 Å². The van der Waals surface area contributed by atoms with Crippen LogP contribution < -0.4 is 4.72 Å². The van der Waals surface area contributed by atoms with Crippen molar-refractivity contribution >= 4 is 37.3 Å². The molecule has 0 aliphatic heterocycles. The van der Waals surface area contributed by atoms with E-state index in [0.717, 1.165) is 15.6 Å². The van der Waals surface area contributed by atoms with Crippen LogP contribution in [0, 0.1) is 17.8 Å². The Kier molecular flexibility index (Phi) is 3.79. The Morgan fingerprint density at radius 3 is 2.68 bits per heavy atom. The number of thiophene rings is 1. The molecule has 2 aliphatic carbocycles. The fourth-order valence-electron chi connectivity index (χ4n) is 3.74. The highest BCUT2D eigenvalue weighted by molar-refractivity contribution is 9.11. The number of hydrogen-bond donors (Lipinski definition) is 1. The summed E-state index contributed by atoms with van der Waals surface area (Å²) in [6.07, 6.45) is 5.13. The molecule has 106 valence electrons. The van der Waals surface area contributed by atoms with Gasteiger partial charge in [-0.15, -0.1) is 11.3 Å². The topological polar surface area (TPSA) is 46.2 Å². The second kappa shape index (κ2) is 5.13. The zero-order chi connectivity index (χ0) is 13.6. The van der Waals surface area contributed by atoms with Crippen LogP contribution in [0.1, 0.15) is 32.6 Å². The molecule has 2 saturated carbocycles. The molecule has 2 bridgehead atoms. The van der Waals surface area contributed by atoms with E-state index in [2.05, 4.69) is 20.7 Å². The summed E-state index contributed by atoms with van der Waals surface area (Å²) in [5.74, 6) is 2.10. The molecular weight excluding hydrogens is 346 g/mol. The van der Waals surface area contributed by atoms with E-state index in [1.165, 1.54) is 37.0 Å². The maximum atomic E-state index is 12.3. The Balaban J connectivity index is 1.71. The number of nitrogens with one attached hydrogen (secondary N) is 1. The molecule has 4 atom stereocenters. The van der Waals surface area contributed by atoms with Crippen LogP contribution in [0.4, 0.5) is 0 Å². The fourth-order valence-corrected chi connectivity index (χ4v) is 7.06. The normalized spacial score (nSPS) is 31.8. The van der Waals surface area contributed by atoms with Crippen molar-refractivity contribution in [2.45, 2.75) is 42.9 Å². The minimum absolute atomic E-state index is 0.0428. The van der Waals surface area contributed by atoms with E-state index in [0.29, 0.717) is 10.1 Å². The van der Waals surface area contributed by atoms with Gasteiger partial charge in [0.05, 0.1) is 3.79 Å². The number of rotatable bonds is 4. The highest BCUT2D eigenvalue weighted by Crippen LogP contribution is 2.49. The molecule has 2 fully saturated rings. The molecule has 2 aliphatic rings. The number of fused-ring (bicyclic) bond motifs is 2. The number of halogens is 1. The molecule has 3 rings (SSSR count). The van der Waals surface area contributed by atoms with Gasteiger partial charge < -0.3 is 0 Å². The lowest BCUT2D eigenvalue weighted by Crippen LogP contribution is -2.39. The average molecular weight is 364 g/mol. The van der Waals surface area contributed by atoms with Gasteiger partial charge in [0.25, 0.3) is 0 Å². The van der Waals surface area contributed by atoms with Gasteiger partial charge in [-0.3, -0.25) is 0 Å². The Morgan fingerprint density at radius 1 is 1.37 bits per heavy atom. The Morgan fingerprint density at radius 2 is 2.16 bits per heavy atom. The minimum atomic E-state index is -3.35. The molecule has 1 aromatic heterocycles. The standard InChI is InChI=1S/C13H18BrNO2S2/c1-8(11-7-9-2-3-10(11)6-9)15-19(16,17)13-5-4-12(14)18-13/h4-5,8-11,15H,2-3,6-7H2,1H3/t8-,9+,10+,11+/m0/s1. The van der Waals surface area contributed by atoms with Crippen molar-refractivity contribution in [3.63, 3.8) is 0 Å². The first-order valence-corrected chi connectivity index (χ1v) is 9.82. The van der Waals surface area contributed by atoms with E-state index in [4.69, 9.17) is 0 Å². The third-order valence-electron chi connectivity index (χ3n) is 4.59. The summed E-state index contributed by atoms with van der Waals surface area (Å²) in [7, 11) is -3.35. The summed E-state index contributed by atoms with van der Waals surface area (Å²) in [5.41, 5.74) is 0. The Labute approximate surface area is 127 Å². The van der Waals surface area contributed by atoms with Crippen molar-refractivity contribution in [2.24, 2.45) is 17.8 Å². The van der Waals surface area contributed by atoms with Crippen LogP contribution in [-0.4, -0.2) is 14.5 Å². The van der Waals surface area contributed by atoms with Gasteiger partial charge in [0.15, 0.2) is 0 Å². The van der Waals surface area contributed by atoms with Gasteiger partial charge in [-0.25, -0.2) is 13.1 Å². The van der Waals surface area contributed by atoms with Gasteiger partial charge in [-0.05, 0) is 72.0 Å². The van der Waals surface area contributed by atoms with Gasteiger partial charge in [0, 0.05) is 6.04 Å². The number of sulfonamides is 1. The second-order valence-electron chi connectivity index (χ2n) is 5.81. The van der Waals surface area contributed by atoms with Crippen LogP contribution in [0.2, 0.25) is 0 Å². The largest absolute Gasteiger partial charge is 0.250 e. The molecule has 19 heavy (non-hydrogen) atoms. The predicted molar refractivity (Wildman–Crippen MR) is 80.7 cm³/mol. The molecule has 0 radical (unpaired) electrons. The first-order valence-electron chi connectivity index (χ1n) is 6.73. The molecule has 1 N–H and O–H groups in total. The first kappa shape index (κ1) is 14.0. The SMILES string of the molecule is C[C@H](NS(=O)(=O)c1ccc(Br)s1)[C@H]1C[C@@H]2CC[C@@H]1C2. The van der Waals surface area contributed by atoms with Crippen molar-refractivity contribution in [3.05, 3.63) is 15.9 Å². The molecular formula is C13H18BrNO2S2. The smallest absolute Gasteiger partial charge is 0.207 e. The molecule has 0 amide bonds. The van der Waals surface area contributed by atoms with E-state index in [-0.39, 0.29) is 6.04 Å². The predicted octanol–water partition coefficient (Wildman–Crippen LogP) is 3.61. The zero-order valence-corrected chi connectivity index (χ0v) is 14.0. The van der Waals surface area contributed by atoms with Gasteiger partial charge in [0.1, 0.15) is 4.21 Å². The lowest BCUT2D eigenvalue weighted by atomic mass is 9.84. The van der Waals surface area contributed by atoms with Gasteiger partial charge in [0.2, 0.25) is 10.0 Å². The van der Waals surface area contributed by atoms with Crippen molar-refractivity contribution < 1.29 is 8.42 Å². The van der Waals surface area contributed by atoms with Crippen molar-refractivity contribution in [3.8, 4) is 0 Å². The van der Waals surface area contributed by atoms with E-state index in [1.54, 1.807) is 12.1 Å². The van der Waals surface area contributed by atoms with Gasteiger partial charge in [-0.2, -0.15) is 0 Å². The van der Waals surface area contributed by atoms with E-state index >= 15 is 0 Å². The average Bonchev–Trinajstić information content (AvgIpc) is 3.02. The number of hydrogen-bond acceptors (Lipinski definition) is 3. The highest BCUT2D eigenvalue weighted by atomic mass is 79.9. The van der Waals surface area contributed by atoms with E-state index < -0.39 is 10.0 Å². The Hall–Kier alpha value is 0.0900. The third kappa shape index (κ3) is 2.77. The summed E-state index contributed by atoms with van der Waals surface area (Å²) in [6, 6.07) is 3.48. The summed E-state index contributed by atoms with van der Waals surface area (Å²) >= 11 is 4.57. The van der Waals surface area contributed by atoms with Gasteiger partial charge >= 0.3 is 0 Å². The van der Waals surface area contributed by atoms with Crippen molar-refractivity contribution in [1.82, 2.24) is 4.72 Å². The van der Waals surface area contributed by atoms with E-state index in [9.17, 15) is 8.42 Å². The zero-order valence-electron chi connectivity index (χ0n) is 10.8. The summed E-state index contributed by atoms with van der Waals surface area (Å²) < 4.78 is 28.7. The summed E-state index contributed by atoms with van der Waals surface area (Å²) in [4.78, 5) is 0. The molecule has 1 heterocycles. The maximum Gasteiger partial charge on any atom is 0.250 e. The van der Waals surface area contributed by atoms with Crippen LogP contribution in [0.25, 0.3) is 0 Å². The highest BCUT2D eigenvalue weighted by Gasteiger charge is 2.42.